The maximum absolute atomic E-state index is 8.88. The number of nitrogens with one attached hydrogen (secondary N) is 1. The molecule has 0 fully saturated rings. The Morgan fingerprint density at radius 2 is 2.19 bits per heavy atom. The Kier molecular flexibility index (Phi) is 5.56. The average Bonchev–Trinajstić information content (AvgIpc) is 2.67. The average molecular weight is 224 g/mol. The molecular weight excluding hydrogens is 200 g/mol. The Morgan fingerprint density at radius 1 is 1.44 bits per heavy atom. The van der Waals surface area contributed by atoms with E-state index in [0.717, 1.165) is 13.0 Å². The fraction of sp³-hybridized carbons (Fsp3) is 0.692. The van der Waals surface area contributed by atoms with Gasteiger partial charge >= 0.3 is 0 Å². The molecule has 0 aromatic carbocycles. The Balaban J connectivity index is 2.68. The van der Waals surface area contributed by atoms with Gasteiger partial charge in [0.2, 0.25) is 0 Å². The van der Waals surface area contributed by atoms with E-state index < -0.39 is 0 Å². The molecule has 3 nitrogen and oxygen atoms in total. The lowest BCUT2D eigenvalue weighted by Gasteiger charge is -2.21. The molecule has 0 aliphatic rings. The van der Waals surface area contributed by atoms with Crippen LogP contribution < -0.4 is 5.32 Å². The van der Waals surface area contributed by atoms with Crippen molar-refractivity contribution in [3.05, 3.63) is 24.0 Å². The predicted octanol–water partition coefficient (Wildman–Crippen LogP) is 2.18. The Bertz CT molecular complexity index is 294. The van der Waals surface area contributed by atoms with Crippen molar-refractivity contribution in [2.75, 3.05) is 13.2 Å². The van der Waals surface area contributed by atoms with E-state index in [-0.39, 0.29) is 6.61 Å². The van der Waals surface area contributed by atoms with Gasteiger partial charge < -0.3 is 15.0 Å². The van der Waals surface area contributed by atoms with Gasteiger partial charge in [0.25, 0.3) is 0 Å². The monoisotopic (exact) mass is 224 g/mol. The van der Waals surface area contributed by atoms with E-state index in [1.165, 1.54) is 5.56 Å². The summed E-state index contributed by atoms with van der Waals surface area (Å²) < 4.78 is 2.04. The molecular formula is C13H24N2O. The van der Waals surface area contributed by atoms with Gasteiger partial charge in [0.15, 0.2) is 0 Å². The standard InChI is InChI=1S/C13H24N2O/c1-4-6-14-13(11(2)3)12-5-7-15(10-12)8-9-16/h5,7,10-11,13-14,16H,4,6,8-9H2,1-3H3. The minimum atomic E-state index is 0.197. The first kappa shape index (κ1) is 13.3. The highest BCUT2D eigenvalue weighted by Gasteiger charge is 2.15. The van der Waals surface area contributed by atoms with Gasteiger partial charge in [0.05, 0.1) is 6.61 Å². The molecule has 0 saturated heterocycles. The fourth-order valence-corrected chi connectivity index (χ4v) is 1.94. The zero-order valence-corrected chi connectivity index (χ0v) is 10.6. The summed E-state index contributed by atoms with van der Waals surface area (Å²) in [5, 5.41) is 12.4. The third-order valence-corrected chi connectivity index (χ3v) is 2.77. The second-order valence-electron chi connectivity index (χ2n) is 4.58. The van der Waals surface area contributed by atoms with Gasteiger partial charge in [0, 0.05) is 25.0 Å². The van der Waals surface area contributed by atoms with E-state index >= 15 is 0 Å². The predicted molar refractivity (Wildman–Crippen MR) is 67.4 cm³/mol. The second kappa shape index (κ2) is 6.71. The highest BCUT2D eigenvalue weighted by molar-refractivity contribution is 5.16. The zero-order valence-electron chi connectivity index (χ0n) is 10.6. The van der Waals surface area contributed by atoms with Crippen LogP contribution in [0.15, 0.2) is 18.5 Å². The smallest absolute Gasteiger partial charge is 0.0610 e. The molecule has 92 valence electrons. The molecule has 1 rings (SSSR count). The molecule has 0 saturated carbocycles. The largest absolute Gasteiger partial charge is 0.395 e. The van der Waals surface area contributed by atoms with Crippen molar-refractivity contribution in [3.63, 3.8) is 0 Å². The van der Waals surface area contributed by atoms with Gasteiger partial charge in [-0.2, -0.15) is 0 Å². The number of aliphatic hydroxyl groups is 1. The van der Waals surface area contributed by atoms with Crippen molar-refractivity contribution in [2.24, 2.45) is 5.92 Å². The lowest BCUT2D eigenvalue weighted by molar-refractivity contribution is 0.276. The number of aliphatic hydroxyl groups excluding tert-OH is 1. The lowest BCUT2D eigenvalue weighted by Crippen LogP contribution is -2.26. The molecule has 2 N–H and O–H groups in total. The molecule has 0 amide bonds. The summed E-state index contributed by atoms with van der Waals surface area (Å²) in [6, 6.07) is 2.56. The third-order valence-electron chi connectivity index (χ3n) is 2.77. The molecule has 1 atom stereocenters. The van der Waals surface area contributed by atoms with Crippen molar-refractivity contribution < 1.29 is 5.11 Å². The summed E-state index contributed by atoms with van der Waals surface area (Å²) in [7, 11) is 0. The first-order valence-corrected chi connectivity index (χ1v) is 6.19. The van der Waals surface area contributed by atoms with Crippen LogP contribution >= 0.6 is 0 Å². The van der Waals surface area contributed by atoms with E-state index in [9.17, 15) is 0 Å². The summed E-state index contributed by atoms with van der Waals surface area (Å²) in [5.74, 6) is 0.580. The van der Waals surface area contributed by atoms with Crippen LogP contribution in [-0.2, 0) is 6.54 Å². The van der Waals surface area contributed by atoms with Crippen molar-refractivity contribution >= 4 is 0 Å². The molecule has 0 aliphatic carbocycles. The number of aromatic nitrogens is 1. The van der Waals surface area contributed by atoms with Crippen molar-refractivity contribution in [2.45, 2.75) is 39.8 Å². The van der Waals surface area contributed by atoms with Gasteiger partial charge in [-0.3, -0.25) is 0 Å². The summed E-state index contributed by atoms with van der Waals surface area (Å²) in [6.07, 6.45) is 5.32. The number of nitrogens with zero attached hydrogens (tertiary/aromatic N) is 1. The topological polar surface area (TPSA) is 37.2 Å². The maximum atomic E-state index is 8.88. The van der Waals surface area contributed by atoms with Crippen LogP contribution in [-0.4, -0.2) is 22.8 Å². The van der Waals surface area contributed by atoms with Crippen molar-refractivity contribution in [3.8, 4) is 0 Å². The Hall–Kier alpha value is -0.800. The highest BCUT2D eigenvalue weighted by Crippen LogP contribution is 2.21. The summed E-state index contributed by atoms with van der Waals surface area (Å²) in [4.78, 5) is 0. The molecule has 1 heterocycles. The Morgan fingerprint density at radius 3 is 2.75 bits per heavy atom. The van der Waals surface area contributed by atoms with E-state index in [0.29, 0.717) is 18.5 Å². The first-order chi connectivity index (χ1) is 7.69. The van der Waals surface area contributed by atoms with Crippen LogP contribution in [0.1, 0.15) is 38.8 Å². The second-order valence-corrected chi connectivity index (χ2v) is 4.58. The van der Waals surface area contributed by atoms with Crippen molar-refractivity contribution in [1.29, 1.82) is 0 Å². The number of hydrogen-bond acceptors (Lipinski definition) is 2. The quantitative estimate of drug-likeness (QED) is 0.745. The van der Waals surface area contributed by atoms with E-state index in [4.69, 9.17) is 5.11 Å². The molecule has 0 spiro atoms. The minimum absolute atomic E-state index is 0.197. The van der Waals surface area contributed by atoms with Crippen LogP contribution in [0.5, 0.6) is 0 Å². The van der Waals surface area contributed by atoms with E-state index in [1.54, 1.807) is 0 Å². The summed E-state index contributed by atoms with van der Waals surface area (Å²) >= 11 is 0. The molecule has 0 aliphatic heterocycles. The maximum Gasteiger partial charge on any atom is 0.0610 e. The van der Waals surface area contributed by atoms with Crippen LogP contribution in [0.2, 0.25) is 0 Å². The molecule has 3 heteroatoms. The fourth-order valence-electron chi connectivity index (χ4n) is 1.94. The van der Waals surface area contributed by atoms with Crippen LogP contribution in [0.25, 0.3) is 0 Å². The molecule has 0 bridgehead atoms. The molecule has 1 aromatic rings. The summed E-state index contributed by atoms with van der Waals surface area (Å²) in [5.41, 5.74) is 1.32. The van der Waals surface area contributed by atoms with E-state index in [1.807, 2.05) is 10.8 Å². The Labute approximate surface area is 98.5 Å². The van der Waals surface area contributed by atoms with Crippen LogP contribution in [0, 0.1) is 5.92 Å². The summed E-state index contributed by atoms with van der Waals surface area (Å²) in [6.45, 7) is 8.57. The van der Waals surface area contributed by atoms with Gasteiger partial charge in [-0.05, 0) is 30.5 Å². The van der Waals surface area contributed by atoms with Gasteiger partial charge in [0.1, 0.15) is 0 Å². The number of hydrogen-bond donors (Lipinski definition) is 2. The van der Waals surface area contributed by atoms with Crippen LogP contribution in [0.4, 0.5) is 0 Å². The molecule has 1 unspecified atom stereocenters. The van der Waals surface area contributed by atoms with Crippen molar-refractivity contribution in [1.82, 2.24) is 9.88 Å². The van der Waals surface area contributed by atoms with Crippen LogP contribution in [0.3, 0.4) is 0 Å². The number of rotatable bonds is 7. The molecule has 16 heavy (non-hydrogen) atoms. The third kappa shape index (κ3) is 3.65. The van der Waals surface area contributed by atoms with E-state index in [2.05, 4.69) is 38.4 Å². The molecule has 1 aromatic heterocycles. The molecule has 0 radical (unpaired) electrons. The van der Waals surface area contributed by atoms with Gasteiger partial charge in [-0.15, -0.1) is 0 Å². The normalized spacial score (nSPS) is 13.3. The zero-order chi connectivity index (χ0) is 12.0. The van der Waals surface area contributed by atoms with Gasteiger partial charge in [-0.25, -0.2) is 0 Å². The SMILES string of the molecule is CCCNC(c1ccn(CCO)c1)C(C)C. The minimum Gasteiger partial charge on any atom is -0.395 e. The highest BCUT2D eigenvalue weighted by atomic mass is 16.3. The lowest BCUT2D eigenvalue weighted by atomic mass is 9.98. The van der Waals surface area contributed by atoms with Gasteiger partial charge in [-0.1, -0.05) is 20.8 Å². The first-order valence-electron chi connectivity index (χ1n) is 6.19.